The number of hydrogen-bond donors (Lipinski definition) is 1. The third-order valence-electron chi connectivity index (χ3n) is 3.98. The molecule has 0 aromatic heterocycles. The Hall–Kier alpha value is -2.63. The molecule has 0 aliphatic rings. The summed E-state index contributed by atoms with van der Waals surface area (Å²) >= 11 is 0. The molecule has 26 heavy (non-hydrogen) atoms. The lowest BCUT2D eigenvalue weighted by Crippen LogP contribution is -2.28. The van der Waals surface area contributed by atoms with Crippen LogP contribution in [0.15, 0.2) is 54.6 Å². The number of anilines is 1. The van der Waals surface area contributed by atoms with E-state index < -0.39 is 6.61 Å². The average Bonchev–Trinajstić information content (AvgIpc) is 2.65. The van der Waals surface area contributed by atoms with Crippen LogP contribution in [0, 0.1) is 0 Å². The highest BCUT2D eigenvalue weighted by molar-refractivity contribution is 5.76. The summed E-state index contributed by atoms with van der Waals surface area (Å²) in [6, 6.07) is 16.4. The fourth-order valence-electron chi connectivity index (χ4n) is 2.54. The minimum absolute atomic E-state index is 0.0136. The molecule has 1 N–H and O–H groups in total. The lowest BCUT2D eigenvalue weighted by molar-refractivity contribution is -0.121. The molecule has 4 nitrogen and oxygen atoms in total. The van der Waals surface area contributed by atoms with Crippen molar-refractivity contribution in [1.29, 1.82) is 0 Å². The first-order chi connectivity index (χ1) is 12.5. The van der Waals surface area contributed by atoms with Gasteiger partial charge in [-0.25, -0.2) is 0 Å². The molecule has 0 saturated carbocycles. The number of carbonyl (C=O) groups excluding carboxylic acids is 1. The van der Waals surface area contributed by atoms with E-state index in [4.69, 9.17) is 0 Å². The zero-order valence-corrected chi connectivity index (χ0v) is 14.8. The number of hydrogen-bond acceptors (Lipinski definition) is 3. The minimum atomic E-state index is -2.83. The van der Waals surface area contributed by atoms with Gasteiger partial charge in [0.05, 0.1) is 0 Å². The SMILES string of the molecule is CN(CCCNC(=O)CCc1ccc(OC(F)F)cc1)c1ccccc1. The van der Waals surface area contributed by atoms with E-state index in [-0.39, 0.29) is 11.7 Å². The highest BCUT2D eigenvalue weighted by atomic mass is 19.3. The first-order valence-electron chi connectivity index (χ1n) is 8.61. The molecule has 140 valence electrons. The Labute approximate surface area is 152 Å². The lowest BCUT2D eigenvalue weighted by atomic mass is 10.1. The van der Waals surface area contributed by atoms with E-state index in [0.717, 1.165) is 24.2 Å². The van der Waals surface area contributed by atoms with Crippen LogP contribution in [0.5, 0.6) is 5.75 Å². The van der Waals surface area contributed by atoms with E-state index in [1.165, 1.54) is 12.1 Å². The maximum absolute atomic E-state index is 12.1. The average molecular weight is 362 g/mol. The van der Waals surface area contributed by atoms with E-state index >= 15 is 0 Å². The van der Waals surface area contributed by atoms with E-state index in [9.17, 15) is 13.6 Å². The maximum atomic E-state index is 12.1. The van der Waals surface area contributed by atoms with Crippen LogP contribution in [-0.4, -0.2) is 32.7 Å². The number of rotatable bonds is 10. The highest BCUT2D eigenvalue weighted by Crippen LogP contribution is 2.15. The molecule has 0 fully saturated rings. The van der Waals surface area contributed by atoms with Crippen LogP contribution < -0.4 is 15.0 Å². The summed E-state index contributed by atoms with van der Waals surface area (Å²) in [7, 11) is 2.03. The Kier molecular flexibility index (Phi) is 7.86. The first kappa shape index (κ1) is 19.7. The number of alkyl halides is 2. The van der Waals surface area contributed by atoms with E-state index in [2.05, 4.69) is 27.1 Å². The summed E-state index contributed by atoms with van der Waals surface area (Å²) in [4.78, 5) is 14.0. The normalized spacial score (nSPS) is 10.6. The number of amides is 1. The van der Waals surface area contributed by atoms with E-state index in [1.54, 1.807) is 12.1 Å². The molecule has 2 aromatic carbocycles. The van der Waals surface area contributed by atoms with Gasteiger partial charge in [0.2, 0.25) is 5.91 Å². The van der Waals surface area contributed by atoms with Crippen LogP contribution in [0.3, 0.4) is 0 Å². The predicted octanol–water partition coefficient (Wildman–Crippen LogP) is 3.86. The van der Waals surface area contributed by atoms with Gasteiger partial charge in [0, 0.05) is 32.2 Å². The van der Waals surface area contributed by atoms with Gasteiger partial charge in [-0.2, -0.15) is 8.78 Å². The Morgan fingerprint density at radius 3 is 2.46 bits per heavy atom. The zero-order chi connectivity index (χ0) is 18.8. The lowest BCUT2D eigenvalue weighted by Gasteiger charge is -2.19. The zero-order valence-electron chi connectivity index (χ0n) is 14.8. The summed E-state index contributed by atoms with van der Waals surface area (Å²) in [5.41, 5.74) is 2.06. The second-order valence-electron chi connectivity index (χ2n) is 5.98. The number of ether oxygens (including phenoxy) is 1. The van der Waals surface area contributed by atoms with Crippen LogP contribution in [0.25, 0.3) is 0 Å². The number of benzene rings is 2. The van der Waals surface area contributed by atoms with Crippen molar-refractivity contribution in [3.63, 3.8) is 0 Å². The van der Waals surface area contributed by atoms with Gasteiger partial charge < -0.3 is 15.0 Å². The molecule has 0 spiro atoms. The smallest absolute Gasteiger partial charge is 0.387 e. The van der Waals surface area contributed by atoms with Gasteiger partial charge in [-0.1, -0.05) is 30.3 Å². The predicted molar refractivity (Wildman–Crippen MR) is 98.7 cm³/mol. The van der Waals surface area contributed by atoms with Gasteiger partial charge in [-0.05, 0) is 42.7 Å². The summed E-state index contributed by atoms with van der Waals surface area (Å²) < 4.78 is 28.5. The fourth-order valence-corrected chi connectivity index (χ4v) is 2.54. The minimum Gasteiger partial charge on any atom is -0.435 e. The first-order valence-corrected chi connectivity index (χ1v) is 8.61. The monoisotopic (exact) mass is 362 g/mol. The topological polar surface area (TPSA) is 41.6 Å². The third-order valence-corrected chi connectivity index (χ3v) is 3.98. The second-order valence-corrected chi connectivity index (χ2v) is 5.98. The Bertz CT molecular complexity index is 663. The molecule has 0 unspecified atom stereocenters. The van der Waals surface area contributed by atoms with Crippen molar-refractivity contribution in [2.45, 2.75) is 25.9 Å². The van der Waals surface area contributed by atoms with Crippen LogP contribution in [0.2, 0.25) is 0 Å². The van der Waals surface area contributed by atoms with Crippen molar-refractivity contribution in [2.24, 2.45) is 0 Å². The Morgan fingerprint density at radius 2 is 1.81 bits per heavy atom. The molecule has 0 atom stereocenters. The van der Waals surface area contributed by atoms with Crippen molar-refractivity contribution in [2.75, 3.05) is 25.0 Å². The summed E-state index contributed by atoms with van der Waals surface area (Å²) in [5.74, 6) is 0.107. The van der Waals surface area contributed by atoms with Crippen molar-refractivity contribution in [1.82, 2.24) is 5.32 Å². The van der Waals surface area contributed by atoms with Gasteiger partial charge in [-0.3, -0.25) is 4.79 Å². The molecular formula is C20H24F2N2O2. The largest absolute Gasteiger partial charge is 0.435 e. The molecule has 6 heteroatoms. The number of halogens is 2. The molecule has 2 aromatic rings. The Morgan fingerprint density at radius 1 is 1.12 bits per heavy atom. The molecule has 0 aliphatic carbocycles. The third kappa shape index (κ3) is 7.09. The molecule has 1 amide bonds. The molecule has 0 aliphatic heterocycles. The maximum Gasteiger partial charge on any atom is 0.387 e. The van der Waals surface area contributed by atoms with E-state index in [1.807, 2.05) is 25.2 Å². The quantitative estimate of drug-likeness (QED) is 0.653. The number of nitrogens with zero attached hydrogens (tertiary/aromatic N) is 1. The standard InChI is InChI=1S/C20H24F2N2O2/c1-24(17-6-3-2-4-7-17)15-5-14-23-19(25)13-10-16-8-11-18(12-9-16)26-20(21)22/h2-4,6-9,11-12,20H,5,10,13-15H2,1H3,(H,23,25). The number of aryl methyl sites for hydroxylation is 1. The molecule has 0 heterocycles. The van der Waals surface area contributed by atoms with Gasteiger partial charge in [0.15, 0.2) is 0 Å². The molecule has 0 radical (unpaired) electrons. The second kappa shape index (κ2) is 10.4. The number of carbonyl (C=O) groups is 1. The van der Waals surface area contributed by atoms with Crippen LogP contribution >= 0.6 is 0 Å². The van der Waals surface area contributed by atoms with Crippen LogP contribution in [0.4, 0.5) is 14.5 Å². The van der Waals surface area contributed by atoms with Crippen molar-refractivity contribution in [3.05, 3.63) is 60.2 Å². The van der Waals surface area contributed by atoms with Crippen molar-refractivity contribution >= 4 is 11.6 Å². The van der Waals surface area contributed by atoms with E-state index in [0.29, 0.717) is 19.4 Å². The fraction of sp³-hybridized carbons (Fsp3) is 0.350. The van der Waals surface area contributed by atoms with Crippen LogP contribution in [0.1, 0.15) is 18.4 Å². The van der Waals surface area contributed by atoms with Crippen LogP contribution in [-0.2, 0) is 11.2 Å². The van der Waals surface area contributed by atoms with Crippen molar-refractivity contribution in [3.8, 4) is 5.75 Å². The van der Waals surface area contributed by atoms with Crippen molar-refractivity contribution < 1.29 is 18.3 Å². The summed E-state index contributed by atoms with van der Waals surface area (Å²) in [6.45, 7) is -1.35. The molecule has 0 saturated heterocycles. The summed E-state index contributed by atoms with van der Waals surface area (Å²) in [5, 5.41) is 2.91. The summed E-state index contributed by atoms with van der Waals surface area (Å²) in [6.07, 6.45) is 1.78. The number of nitrogens with one attached hydrogen (secondary N) is 1. The molecule has 0 bridgehead atoms. The highest BCUT2D eigenvalue weighted by Gasteiger charge is 2.06. The molecular weight excluding hydrogens is 338 g/mol. The number of para-hydroxylation sites is 1. The van der Waals surface area contributed by atoms with Gasteiger partial charge in [-0.15, -0.1) is 0 Å². The van der Waals surface area contributed by atoms with Gasteiger partial charge in [0.1, 0.15) is 5.75 Å². The van der Waals surface area contributed by atoms with Gasteiger partial charge >= 0.3 is 6.61 Å². The van der Waals surface area contributed by atoms with Gasteiger partial charge in [0.25, 0.3) is 0 Å². The Balaban J connectivity index is 1.61. The molecule has 2 rings (SSSR count).